The SMILES string of the molecule is C=CCn1c(=NC(=O)c2cc(C)on2)sc2cc(F)ccc21. The van der Waals surface area contributed by atoms with Gasteiger partial charge in [0.1, 0.15) is 11.6 Å². The van der Waals surface area contributed by atoms with Crippen LogP contribution in [0.25, 0.3) is 10.2 Å². The molecule has 0 aliphatic carbocycles. The Hall–Kier alpha value is -2.54. The molecule has 7 heteroatoms. The molecule has 0 N–H and O–H groups in total. The first kappa shape index (κ1) is 14.4. The highest BCUT2D eigenvalue weighted by Crippen LogP contribution is 2.18. The van der Waals surface area contributed by atoms with E-state index in [4.69, 9.17) is 4.52 Å². The normalized spacial score (nSPS) is 12.0. The molecule has 0 atom stereocenters. The van der Waals surface area contributed by atoms with Crippen LogP contribution in [0.3, 0.4) is 0 Å². The number of hydrogen-bond donors (Lipinski definition) is 0. The summed E-state index contributed by atoms with van der Waals surface area (Å²) in [4.78, 5) is 16.7. The number of aromatic nitrogens is 2. The lowest BCUT2D eigenvalue weighted by atomic mass is 10.3. The van der Waals surface area contributed by atoms with Crippen LogP contribution in [0.1, 0.15) is 16.2 Å². The Bertz CT molecular complexity index is 936. The number of thiazole rings is 1. The number of amides is 1. The quantitative estimate of drug-likeness (QED) is 0.698. The molecule has 2 heterocycles. The van der Waals surface area contributed by atoms with E-state index in [0.717, 1.165) is 5.52 Å². The summed E-state index contributed by atoms with van der Waals surface area (Å²) in [6.45, 7) is 5.86. The fraction of sp³-hybridized carbons (Fsp3) is 0.133. The van der Waals surface area contributed by atoms with E-state index in [2.05, 4.69) is 16.7 Å². The molecule has 1 amide bonds. The molecule has 2 aromatic heterocycles. The van der Waals surface area contributed by atoms with E-state index >= 15 is 0 Å². The first-order valence-electron chi connectivity index (χ1n) is 6.50. The van der Waals surface area contributed by atoms with Crippen molar-refractivity contribution < 1.29 is 13.7 Å². The molecule has 0 saturated carbocycles. The third kappa shape index (κ3) is 2.62. The van der Waals surface area contributed by atoms with Crippen LogP contribution in [-0.2, 0) is 6.54 Å². The number of allylic oxidation sites excluding steroid dienone is 1. The van der Waals surface area contributed by atoms with E-state index < -0.39 is 5.91 Å². The minimum atomic E-state index is -0.498. The summed E-state index contributed by atoms with van der Waals surface area (Å²) in [7, 11) is 0. The number of carbonyl (C=O) groups excluding carboxylic acids is 1. The van der Waals surface area contributed by atoms with Crippen molar-refractivity contribution >= 4 is 27.5 Å². The Kier molecular flexibility index (Phi) is 3.72. The third-order valence-electron chi connectivity index (χ3n) is 3.00. The second-order valence-corrected chi connectivity index (χ2v) is 5.64. The second kappa shape index (κ2) is 5.69. The van der Waals surface area contributed by atoms with Crippen molar-refractivity contribution in [2.24, 2.45) is 4.99 Å². The summed E-state index contributed by atoms with van der Waals surface area (Å²) in [5, 5.41) is 3.65. The van der Waals surface area contributed by atoms with Crippen LogP contribution in [0.4, 0.5) is 4.39 Å². The number of hydrogen-bond acceptors (Lipinski definition) is 4. The Morgan fingerprint density at radius 2 is 2.36 bits per heavy atom. The molecule has 0 radical (unpaired) electrons. The molecule has 3 aromatic rings. The van der Waals surface area contributed by atoms with Gasteiger partial charge < -0.3 is 9.09 Å². The van der Waals surface area contributed by atoms with E-state index in [1.54, 1.807) is 23.6 Å². The standard InChI is InChI=1S/C15H12FN3O2S/c1-3-6-19-12-5-4-10(16)8-13(12)22-15(19)17-14(20)11-7-9(2)21-18-11/h3-5,7-8H,1,6H2,2H3. The van der Waals surface area contributed by atoms with Gasteiger partial charge in [-0.2, -0.15) is 4.99 Å². The zero-order valence-electron chi connectivity index (χ0n) is 11.7. The average Bonchev–Trinajstić information content (AvgIpc) is 3.04. The van der Waals surface area contributed by atoms with Crippen LogP contribution in [-0.4, -0.2) is 15.6 Å². The average molecular weight is 317 g/mol. The van der Waals surface area contributed by atoms with Gasteiger partial charge in [-0.15, -0.1) is 6.58 Å². The molecule has 22 heavy (non-hydrogen) atoms. The van der Waals surface area contributed by atoms with E-state index in [0.29, 0.717) is 21.8 Å². The maximum atomic E-state index is 13.4. The van der Waals surface area contributed by atoms with Crippen LogP contribution in [0.5, 0.6) is 0 Å². The molecule has 0 aliphatic rings. The van der Waals surface area contributed by atoms with Crippen molar-refractivity contribution in [2.75, 3.05) is 0 Å². The van der Waals surface area contributed by atoms with E-state index in [1.165, 1.54) is 29.5 Å². The summed E-state index contributed by atoms with van der Waals surface area (Å²) in [6.07, 6.45) is 1.69. The summed E-state index contributed by atoms with van der Waals surface area (Å²) < 4.78 is 20.7. The van der Waals surface area contributed by atoms with Gasteiger partial charge in [0.15, 0.2) is 10.5 Å². The van der Waals surface area contributed by atoms with Gasteiger partial charge in [-0.05, 0) is 25.1 Å². The molecule has 0 saturated heterocycles. The third-order valence-corrected chi connectivity index (χ3v) is 4.04. The van der Waals surface area contributed by atoms with Crippen LogP contribution in [0, 0.1) is 12.7 Å². The van der Waals surface area contributed by atoms with Crippen LogP contribution < -0.4 is 4.80 Å². The highest BCUT2D eigenvalue weighted by Gasteiger charge is 2.12. The fourth-order valence-corrected chi connectivity index (χ4v) is 3.11. The maximum absolute atomic E-state index is 13.4. The molecular weight excluding hydrogens is 305 g/mol. The topological polar surface area (TPSA) is 60.4 Å². The Morgan fingerprint density at radius 1 is 1.55 bits per heavy atom. The predicted octanol–water partition coefficient (Wildman–Crippen LogP) is 3.07. The van der Waals surface area contributed by atoms with Crippen molar-refractivity contribution in [2.45, 2.75) is 13.5 Å². The minimum Gasteiger partial charge on any atom is -0.361 e. The van der Waals surface area contributed by atoms with Crippen molar-refractivity contribution in [1.29, 1.82) is 0 Å². The molecule has 5 nitrogen and oxygen atoms in total. The number of rotatable bonds is 3. The molecule has 1 aromatic carbocycles. The first-order chi connectivity index (χ1) is 10.6. The molecule has 0 fully saturated rings. The lowest BCUT2D eigenvalue weighted by Crippen LogP contribution is -2.16. The van der Waals surface area contributed by atoms with E-state index in [9.17, 15) is 9.18 Å². The van der Waals surface area contributed by atoms with Gasteiger partial charge in [0.2, 0.25) is 0 Å². The van der Waals surface area contributed by atoms with E-state index in [-0.39, 0.29) is 11.5 Å². The van der Waals surface area contributed by atoms with Gasteiger partial charge in [0, 0.05) is 12.6 Å². The monoisotopic (exact) mass is 317 g/mol. The largest absolute Gasteiger partial charge is 0.361 e. The molecule has 0 bridgehead atoms. The van der Waals surface area contributed by atoms with Gasteiger partial charge in [-0.3, -0.25) is 4.79 Å². The summed E-state index contributed by atoms with van der Waals surface area (Å²) in [5.41, 5.74) is 0.945. The second-order valence-electron chi connectivity index (χ2n) is 4.64. The highest BCUT2D eigenvalue weighted by molar-refractivity contribution is 7.16. The zero-order chi connectivity index (χ0) is 15.7. The van der Waals surface area contributed by atoms with Crippen molar-refractivity contribution in [3.05, 3.63) is 59.0 Å². The van der Waals surface area contributed by atoms with E-state index in [1.807, 2.05) is 0 Å². The molecule has 3 rings (SSSR count). The highest BCUT2D eigenvalue weighted by atomic mass is 32.1. The van der Waals surface area contributed by atoms with Crippen molar-refractivity contribution in [3.8, 4) is 0 Å². The van der Waals surface area contributed by atoms with Gasteiger partial charge in [-0.1, -0.05) is 22.6 Å². The molecule has 0 aliphatic heterocycles. The number of aryl methyl sites for hydroxylation is 1. The van der Waals surface area contributed by atoms with Gasteiger partial charge >= 0.3 is 5.91 Å². The smallest absolute Gasteiger partial charge is 0.301 e. The molecule has 0 spiro atoms. The first-order valence-corrected chi connectivity index (χ1v) is 7.32. The molecule has 0 unspecified atom stereocenters. The lowest BCUT2D eigenvalue weighted by molar-refractivity contribution is 0.0989. The predicted molar refractivity (Wildman–Crippen MR) is 81.1 cm³/mol. The zero-order valence-corrected chi connectivity index (χ0v) is 12.6. The number of nitrogens with zero attached hydrogens (tertiary/aromatic N) is 3. The van der Waals surface area contributed by atoms with Gasteiger partial charge in [-0.25, -0.2) is 4.39 Å². The lowest BCUT2D eigenvalue weighted by Gasteiger charge is -2.00. The minimum absolute atomic E-state index is 0.145. The van der Waals surface area contributed by atoms with Crippen LogP contribution >= 0.6 is 11.3 Å². The fourth-order valence-electron chi connectivity index (χ4n) is 2.05. The van der Waals surface area contributed by atoms with Crippen LogP contribution in [0.2, 0.25) is 0 Å². The van der Waals surface area contributed by atoms with Gasteiger partial charge in [0.05, 0.1) is 10.2 Å². The Balaban J connectivity index is 2.16. The molecular formula is C15H12FN3O2S. The van der Waals surface area contributed by atoms with Crippen molar-refractivity contribution in [3.63, 3.8) is 0 Å². The Labute approximate surface area is 129 Å². The number of carbonyl (C=O) groups is 1. The summed E-state index contributed by atoms with van der Waals surface area (Å²) >= 11 is 1.24. The molecule has 112 valence electrons. The summed E-state index contributed by atoms with van der Waals surface area (Å²) in [6, 6.07) is 5.98. The number of halogens is 1. The number of fused-ring (bicyclic) bond motifs is 1. The number of benzene rings is 1. The van der Waals surface area contributed by atoms with Gasteiger partial charge in [0.25, 0.3) is 0 Å². The van der Waals surface area contributed by atoms with Crippen molar-refractivity contribution in [1.82, 2.24) is 9.72 Å². The van der Waals surface area contributed by atoms with Crippen LogP contribution in [0.15, 0.2) is 46.4 Å². The maximum Gasteiger partial charge on any atom is 0.301 e. The summed E-state index contributed by atoms with van der Waals surface area (Å²) in [5.74, 6) is -0.290. The Morgan fingerprint density at radius 3 is 3.05 bits per heavy atom.